The van der Waals surface area contributed by atoms with Crippen LogP contribution in [-0.2, 0) is 16.6 Å². The zero-order chi connectivity index (χ0) is 13.5. The zero-order valence-electron chi connectivity index (χ0n) is 12.0. The van der Waals surface area contributed by atoms with Gasteiger partial charge in [-0.3, -0.25) is 0 Å². The lowest BCUT2D eigenvalue weighted by molar-refractivity contribution is 0.185. The molecule has 0 aromatic carbocycles. The van der Waals surface area contributed by atoms with E-state index in [1.54, 1.807) is 0 Å². The van der Waals surface area contributed by atoms with Crippen molar-refractivity contribution in [3.63, 3.8) is 0 Å². The third-order valence-electron chi connectivity index (χ3n) is 3.93. The fourth-order valence-electron chi connectivity index (χ4n) is 2.84. The SMILES string of the molecule is CC(C)(C)c1cc2cc[nH]c2nc1CC1CCOC1. The Bertz CT molecular complexity index is 574. The van der Waals surface area contributed by atoms with Crippen LogP contribution in [-0.4, -0.2) is 23.2 Å². The van der Waals surface area contributed by atoms with E-state index in [4.69, 9.17) is 9.72 Å². The highest BCUT2D eigenvalue weighted by atomic mass is 16.5. The molecule has 0 saturated carbocycles. The highest BCUT2D eigenvalue weighted by molar-refractivity contribution is 5.76. The maximum Gasteiger partial charge on any atom is 0.137 e. The van der Waals surface area contributed by atoms with E-state index in [-0.39, 0.29) is 5.41 Å². The van der Waals surface area contributed by atoms with Gasteiger partial charge in [0, 0.05) is 30.5 Å². The molecule has 1 fully saturated rings. The van der Waals surface area contributed by atoms with Gasteiger partial charge in [0.1, 0.15) is 5.65 Å². The predicted molar refractivity (Wildman–Crippen MR) is 77.4 cm³/mol. The molecular formula is C16H22N2O. The van der Waals surface area contributed by atoms with E-state index in [9.17, 15) is 0 Å². The van der Waals surface area contributed by atoms with Gasteiger partial charge < -0.3 is 9.72 Å². The van der Waals surface area contributed by atoms with Gasteiger partial charge >= 0.3 is 0 Å². The Morgan fingerprint density at radius 1 is 1.42 bits per heavy atom. The average molecular weight is 258 g/mol. The Balaban J connectivity index is 2.03. The molecule has 3 rings (SSSR count). The highest BCUT2D eigenvalue weighted by Gasteiger charge is 2.24. The summed E-state index contributed by atoms with van der Waals surface area (Å²) in [6.07, 6.45) is 4.15. The van der Waals surface area contributed by atoms with Crippen LogP contribution in [0.25, 0.3) is 11.0 Å². The van der Waals surface area contributed by atoms with Crippen molar-refractivity contribution in [3.8, 4) is 0 Å². The molecule has 1 atom stereocenters. The molecule has 3 nitrogen and oxygen atoms in total. The monoisotopic (exact) mass is 258 g/mol. The standard InChI is InChI=1S/C16H22N2O/c1-16(2,3)13-9-12-4-6-17-15(12)18-14(13)8-11-5-7-19-10-11/h4,6,9,11H,5,7-8,10H2,1-3H3,(H,17,18). The fraction of sp³-hybridized carbons (Fsp3) is 0.562. The van der Waals surface area contributed by atoms with Gasteiger partial charge in [0.2, 0.25) is 0 Å². The number of nitrogens with zero attached hydrogens (tertiary/aromatic N) is 1. The molecule has 3 heteroatoms. The molecule has 0 radical (unpaired) electrons. The lowest BCUT2D eigenvalue weighted by Crippen LogP contribution is -2.18. The van der Waals surface area contributed by atoms with Crippen LogP contribution in [0, 0.1) is 5.92 Å². The van der Waals surface area contributed by atoms with Crippen molar-refractivity contribution in [1.82, 2.24) is 9.97 Å². The molecule has 2 aromatic heterocycles. The van der Waals surface area contributed by atoms with Gasteiger partial charge in [0.15, 0.2) is 0 Å². The molecule has 0 spiro atoms. The average Bonchev–Trinajstić information content (AvgIpc) is 2.96. The van der Waals surface area contributed by atoms with E-state index in [0.717, 1.165) is 31.7 Å². The first-order valence-electron chi connectivity index (χ1n) is 7.09. The number of hydrogen-bond donors (Lipinski definition) is 1. The molecule has 3 heterocycles. The first-order valence-corrected chi connectivity index (χ1v) is 7.09. The second kappa shape index (κ2) is 4.64. The molecule has 0 aliphatic carbocycles. The summed E-state index contributed by atoms with van der Waals surface area (Å²) in [6.45, 7) is 8.57. The first kappa shape index (κ1) is 12.7. The van der Waals surface area contributed by atoms with Crippen LogP contribution in [0.15, 0.2) is 18.3 Å². The van der Waals surface area contributed by atoms with Crippen molar-refractivity contribution in [2.75, 3.05) is 13.2 Å². The molecule has 0 bridgehead atoms. The normalized spacial score (nSPS) is 20.3. The minimum atomic E-state index is 0.132. The van der Waals surface area contributed by atoms with Gasteiger partial charge in [-0.05, 0) is 41.9 Å². The van der Waals surface area contributed by atoms with Crippen LogP contribution < -0.4 is 0 Å². The Kier molecular flexibility index (Phi) is 3.09. The molecule has 1 aliphatic rings. The Hall–Kier alpha value is -1.35. The van der Waals surface area contributed by atoms with Gasteiger partial charge in [0.05, 0.1) is 0 Å². The van der Waals surface area contributed by atoms with Crippen molar-refractivity contribution < 1.29 is 4.74 Å². The van der Waals surface area contributed by atoms with Crippen molar-refractivity contribution in [1.29, 1.82) is 0 Å². The van der Waals surface area contributed by atoms with Gasteiger partial charge in [-0.2, -0.15) is 0 Å². The van der Waals surface area contributed by atoms with Crippen LogP contribution in [0.4, 0.5) is 0 Å². The fourth-order valence-corrected chi connectivity index (χ4v) is 2.84. The summed E-state index contributed by atoms with van der Waals surface area (Å²) < 4.78 is 5.49. The second-order valence-electron chi connectivity index (χ2n) is 6.58. The van der Waals surface area contributed by atoms with Crippen LogP contribution >= 0.6 is 0 Å². The molecule has 1 unspecified atom stereocenters. The third-order valence-corrected chi connectivity index (χ3v) is 3.93. The summed E-state index contributed by atoms with van der Waals surface area (Å²) in [5, 5.41) is 1.20. The number of H-pyrrole nitrogens is 1. The Labute approximate surface area is 114 Å². The number of fused-ring (bicyclic) bond motifs is 1. The van der Waals surface area contributed by atoms with Crippen LogP contribution in [0.1, 0.15) is 38.4 Å². The Morgan fingerprint density at radius 3 is 2.95 bits per heavy atom. The number of nitrogens with one attached hydrogen (secondary N) is 1. The number of aromatic amines is 1. The molecule has 1 aliphatic heterocycles. The lowest BCUT2D eigenvalue weighted by atomic mass is 9.83. The zero-order valence-corrected chi connectivity index (χ0v) is 12.0. The molecule has 1 N–H and O–H groups in total. The van der Waals surface area contributed by atoms with Gasteiger partial charge in [-0.15, -0.1) is 0 Å². The van der Waals surface area contributed by atoms with E-state index < -0.39 is 0 Å². The molecule has 1 saturated heterocycles. The predicted octanol–water partition coefficient (Wildman–Crippen LogP) is 3.44. The lowest BCUT2D eigenvalue weighted by Gasteiger charge is -2.23. The minimum absolute atomic E-state index is 0.132. The van der Waals surface area contributed by atoms with Crippen molar-refractivity contribution >= 4 is 11.0 Å². The van der Waals surface area contributed by atoms with Crippen molar-refractivity contribution in [3.05, 3.63) is 29.6 Å². The summed E-state index contributed by atoms with van der Waals surface area (Å²) in [5.74, 6) is 0.626. The molecule has 2 aromatic rings. The van der Waals surface area contributed by atoms with Crippen LogP contribution in [0.5, 0.6) is 0 Å². The van der Waals surface area contributed by atoms with E-state index in [2.05, 4.69) is 37.9 Å². The van der Waals surface area contributed by atoms with Gasteiger partial charge in [0.25, 0.3) is 0 Å². The number of aromatic nitrogens is 2. The minimum Gasteiger partial charge on any atom is -0.381 e. The van der Waals surface area contributed by atoms with E-state index >= 15 is 0 Å². The first-order chi connectivity index (χ1) is 9.04. The van der Waals surface area contributed by atoms with E-state index in [1.807, 2.05) is 6.20 Å². The van der Waals surface area contributed by atoms with Crippen molar-refractivity contribution in [2.45, 2.75) is 39.0 Å². The third kappa shape index (κ3) is 2.52. The van der Waals surface area contributed by atoms with Gasteiger partial charge in [-0.1, -0.05) is 20.8 Å². The molecule has 102 valence electrons. The number of rotatable bonds is 2. The van der Waals surface area contributed by atoms with Gasteiger partial charge in [-0.25, -0.2) is 4.98 Å². The second-order valence-corrected chi connectivity index (χ2v) is 6.58. The van der Waals surface area contributed by atoms with Crippen LogP contribution in [0.3, 0.4) is 0 Å². The summed E-state index contributed by atoms with van der Waals surface area (Å²) in [7, 11) is 0. The van der Waals surface area contributed by atoms with Crippen LogP contribution in [0.2, 0.25) is 0 Å². The maximum absolute atomic E-state index is 5.49. The molecule has 19 heavy (non-hydrogen) atoms. The highest BCUT2D eigenvalue weighted by Crippen LogP contribution is 2.30. The maximum atomic E-state index is 5.49. The summed E-state index contributed by atoms with van der Waals surface area (Å²) >= 11 is 0. The summed E-state index contributed by atoms with van der Waals surface area (Å²) in [5.41, 5.74) is 3.74. The summed E-state index contributed by atoms with van der Waals surface area (Å²) in [6, 6.07) is 4.39. The number of hydrogen-bond acceptors (Lipinski definition) is 2. The quantitative estimate of drug-likeness (QED) is 0.896. The van der Waals surface area contributed by atoms with E-state index in [1.165, 1.54) is 16.6 Å². The summed E-state index contributed by atoms with van der Waals surface area (Å²) in [4.78, 5) is 8.08. The molecular weight excluding hydrogens is 236 g/mol. The largest absolute Gasteiger partial charge is 0.381 e. The topological polar surface area (TPSA) is 37.9 Å². The molecule has 0 amide bonds. The number of ether oxygens (including phenoxy) is 1. The van der Waals surface area contributed by atoms with Crippen molar-refractivity contribution in [2.24, 2.45) is 5.92 Å². The number of pyridine rings is 1. The van der Waals surface area contributed by atoms with E-state index in [0.29, 0.717) is 5.92 Å². The smallest absolute Gasteiger partial charge is 0.137 e. The Morgan fingerprint density at radius 2 is 2.26 bits per heavy atom.